The first kappa shape index (κ1) is 14.3. The van der Waals surface area contributed by atoms with Crippen molar-refractivity contribution < 1.29 is 24.2 Å². The summed E-state index contributed by atoms with van der Waals surface area (Å²) in [6, 6.07) is -1.60. The highest BCUT2D eigenvalue weighted by Gasteiger charge is 2.35. The number of carboxylic acid groups (broad SMARTS) is 1. The Balaban J connectivity index is 2.55. The number of amides is 3. The highest BCUT2D eigenvalue weighted by atomic mass is 16.6. The summed E-state index contributed by atoms with van der Waals surface area (Å²) in [6.07, 6.45) is 0.138. The summed E-state index contributed by atoms with van der Waals surface area (Å²) in [4.78, 5) is 35.1. The smallest absolute Gasteiger partial charge is 0.415 e. The predicted molar refractivity (Wildman–Crippen MR) is 62.1 cm³/mol. The Morgan fingerprint density at radius 2 is 1.94 bits per heavy atom. The zero-order valence-electron chi connectivity index (χ0n) is 10.7. The molecule has 7 nitrogen and oxygen atoms in total. The zero-order chi connectivity index (χ0) is 13.9. The van der Waals surface area contributed by atoms with Crippen LogP contribution in [0.2, 0.25) is 0 Å². The molecule has 0 aromatic carbocycles. The van der Waals surface area contributed by atoms with Gasteiger partial charge in [-0.15, -0.1) is 0 Å². The number of alkyl carbamates (subject to hydrolysis) is 1. The first-order chi connectivity index (χ1) is 8.20. The average Bonchev–Trinajstić information content (AvgIpc) is 2.61. The average molecular weight is 258 g/mol. The molecule has 3 amide bonds. The first-order valence-corrected chi connectivity index (χ1v) is 5.74. The second-order valence-electron chi connectivity index (χ2n) is 5.12. The third kappa shape index (κ3) is 3.90. The van der Waals surface area contributed by atoms with Gasteiger partial charge in [0, 0.05) is 6.54 Å². The van der Waals surface area contributed by atoms with Crippen LogP contribution >= 0.6 is 0 Å². The Kier molecular flexibility index (Phi) is 4.15. The highest BCUT2D eigenvalue weighted by molar-refractivity contribution is 5.93. The maximum absolute atomic E-state index is 11.7. The molecule has 1 heterocycles. The van der Waals surface area contributed by atoms with Crippen LogP contribution in [-0.4, -0.2) is 46.3 Å². The van der Waals surface area contributed by atoms with Crippen LogP contribution in [0.3, 0.4) is 0 Å². The number of aliphatic carboxylic acids is 1. The molecule has 0 saturated carbocycles. The molecule has 0 aliphatic carbocycles. The van der Waals surface area contributed by atoms with E-state index in [0.29, 0.717) is 19.4 Å². The monoisotopic (exact) mass is 258 g/mol. The van der Waals surface area contributed by atoms with E-state index in [9.17, 15) is 14.4 Å². The van der Waals surface area contributed by atoms with Crippen molar-refractivity contribution in [3.05, 3.63) is 0 Å². The van der Waals surface area contributed by atoms with Gasteiger partial charge in [-0.1, -0.05) is 0 Å². The van der Waals surface area contributed by atoms with Crippen molar-refractivity contribution in [1.82, 2.24) is 10.2 Å². The summed E-state index contributed by atoms with van der Waals surface area (Å²) in [5.74, 6) is -1.06. The minimum Gasteiger partial charge on any atom is -0.480 e. The van der Waals surface area contributed by atoms with Gasteiger partial charge in [0.2, 0.25) is 0 Å². The van der Waals surface area contributed by atoms with E-state index < -0.39 is 29.7 Å². The maximum atomic E-state index is 11.7. The van der Waals surface area contributed by atoms with E-state index in [1.54, 1.807) is 20.8 Å². The number of nitrogens with one attached hydrogen (secondary N) is 1. The molecule has 0 bridgehead atoms. The summed E-state index contributed by atoms with van der Waals surface area (Å²) in [6.45, 7) is 5.35. The Labute approximate surface area is 105 Å². The standard InChI is InChI=1S/C11H18N2O5/c1-11(2,3)18-10(17)12-9(16)13-6-4-5-7(13)8(14)15/h7H,4-6H2,1-3H3,(H,14,15)(H,12,16,17)/t7-/m0/s1. The number of nitrogens with zero attached hydrogens (tertiary/aromatic N) is 1. The third-order valence-corrected chi connectivity index (χ3v) is 2.41. The van der Waals surface area contributed by atoms with Crippen LogP contribution in [0.15, 0.2) is 0 Å². The van der Waals surface area contributed by atoms with Gasteiger partial charge in [0.1, 0.15) is 11.6 Å². The van der Waals surface area contributed by atoms with Gasteiger partial charge in [0.15, 0.2) is 0 Å². The quantitative estimate of drug-likeness (QED) is 0.736. The number of urea groups is 1. The minimum absolute atomic E-state index is 0.325. The topological polar surface area (TPSA) is 95.9 Å². The van der Waals surface area contributed by atoms with Crippen LogP contribution < -0.4 is 5.32 Å². The van der Waals surface area contributed by atoms with Crippen molar-refractivity contribution in [3.63, 3.8) is 0 Å². The fraction of sp³-hybridized carbons (Fsp3) is 0.727. The Morgan fingerprint density at radius 3 is 2.44 bits per heavy atom. The molecule has 1 aliphatic heterocycles. The summed E-state index contributed by atoms with van der Waals surface area (Å²) in [5, 5.41) is 10.9. The molecule has 0 unspecified atom stereocenters. The molecule has 2 N–H and O–H groups in total. The van der Waals surface area contributed by atoms with E-state index in [1.165, 1.54) is 0 Å². The number of hydrogen-bond donors (Lipinski definition) is 2. The minimum atomic E-state index is -1.06. The molecule has 1 atom stereocenters. The lowest BCUT2D eigenvalue weighted by molar-refractivity contribution is -0.141. The molecular formula is C11H18N2O5. The summed E-state index contributed by atoms with van der Waals surface area (Å²) in [5.41, 5.74) is -0.707. The first-order valence-electron chi connectivity index (χ1n) is 5.74. The van der Waals surface area contributed by atoms with E-state index in [-0.39, 0.29) is 0 Å². The van der Waals surface area contributed by atoms with Crippen LogP contribution in [0.25, 0.3) is 0 Å². The molecule has 1 saturated heterocycles. The van der Waals surface area contributed by atoms with Gasteiger partial charge >= 0.3 is 18.1 Å². The number of carbonyl (C=O) groups excluding carboxylic acids is 2. The molecule has 1 fully saturated rings. The highest BCUT2D eigenvalue weighted by Crippen LogP contribution is 2.17. The van der Waals surface area contributed by atoms with Crippen LogP contribution in [-0.2, 0) is 9.53 Å². The molecule has 18 heavy (non-hydrogen) atoms. The van der Waals surface area contributed by atoms with Crippen LogP contribution in [0.5, 0.6) is 0 Å². The van der Waals surface area contributed by atoms with Crippen molar-refractivity contribution in [2.45, 2.75) is 45.3 Å². The van der Waals surface area contributed by atoms with Crippen molar-refractivity contribution in [1.29, 1.82) is 0 Å². The number of ether oxygens (including phenoxy) is 1. The zero-order valence-corrected chi connectivity index (χ0v) is 10.7. The third-order valence-electron chi connectivity index (χ3n) is 2.41. The molecule has 0 aromatic rings. The molecule has 0 spiro atoms. The molecule has 1 rings (SSSR count). The Bertz CT molecular complexity index is 361. The van der Waals surface area contributed by atoms with Crippen LogP contribution in [0.4, 0.5) is 9.59 Å². The van der Waals surface area contributed by atoms with E-state index in [0.717, 1.165) is 4.90 Å². The number of imide groups is 1. The second-order valence-corrected chi connectivity index (χ2v) is 5.12. The van der Waals surface area contributed by atoms with E-state index in [1.807, 2.05) is 5.32 Å². The molecule has 1 aliphatic rings. The van der Waals surface area contributed by atoms with Crippen LogP contribution in [0, 0.1) is 0 Å². The van der Waals surface area contributed by atoms with Crippen LogP contribution in [0.1, 0.15) is 33.6 Å². The fourth-order valence-corrected chi connectivity index (χ4v) is 1.73. The van der Waals surface area contributed by atoms with Gasteiger partial charge in [-0.2, -0.15) is 0 Å². The van der Waals surface area contributed by atoms with Gasteiger partial charge in [-0.05, 0) is 33.6 Å². The lowest BCUT2D eigenvalue weighted by Gasteiger charge is -2.23. The number of carbonyl (C=O) groups is 3. The molecular weight excluding hydrogens is 240 g/mol. The van der Waals surface area contributed by atoms with Gasteiger partial charge in [-0.3, -0.25) is 0 Å². The normalized spacial score (nSPS) is 19.5. The van der Waals surface area contributed by atoms with Gasteiger partial charge in [-0.25, -0.2) is 19.7 Å². The SMILES string of the molecule is CC(C)(C)OC(=O)NC(=O)N1CCC[C@H]1C(=O)O. The summed E-state index contributed by atoms with van der Waals surface area (Å²) < 4.78 is 4.92. The fourth-order valence-electron chi connectivity index (χ4n) is 1.73. The molecule has 7 heteroatoms. The number of likely N-dealkylation sites (tertiary alicyclic amines) is 1. The summed E-state index contributed by atoms with van der Waals surface area (Å²) >= 11 is 0. The van der Waals surface area contributed by atoms with Gasteiger partial charge in [0.05, 0.1) is 0 Å². The predicted octanol–water partition coefficient (Wildman–Crippen LogP) is 1.18. The number of carboxylic acids is 1. The largest absolute Gasteiger partial charge is 0.480 e. The lowest BCUT2D eigenvalue weighted by Crippen LogP contribution is -2.48. The number of rotatable bonds is 1. The van der Waals surface area contributed by atoms with Crippen molar-refractivity contribution in [3.8, 4) is 0 Å². The number of hydrogen-bond acceptors (Lipinski definition) is 4. The molecule has 102 valence electrons. The van der Waals surface area contributed by atoms with Crippen molar-refractivity contribution >= 4 is 18.1 Å². The van der Waals surface area contributed by atoms with Crippen molar-refractivity contribution in [2.75, 3.05) is 6.54 Å². The van der Waals surface area contributed by atoms with Gasteiger partial charge < -0.3 is 14.7 Å². The Morgan fingerprint density at radius 1 is 1.33 bits per heavy atom. The van der Waals surface area contributed by atoms with Crippen molar-refractivity contribution in [2.24, 2.45) is 0 Å². The maximum Gasteiger partial charge on any atom is 0.415 e. The second kappa shape index (κ2) is 5.24. The Hall–Kier alpha value is -1.79. The molecule has 0 radical (unpaired) electrons. The van der Waals surface area contributed by atoms with E-state index in [4.69, 9.17) is 9.84 Å². The van der Waals surface area contributed by atoms with E-state index in [2.05, 4.69) is 0 Å². The lowest BCUT2D eigenvalue weighted by atomic mass is 10.2. The molecule has 0 aromatic heterocycles. The summed E-state index contributed by atoms with van der Waals surface area (Å²) in [7, 11) is 0. The van der Waals surface area contributed by atoms with Gasteiger partial charge in [0.25, 0.3) is 0 Å². The van der Waals surface area contributed by atoms with E-state index >= 15 is 0 Å².